The van der Waals surface area contributed by atoms with E-state index < -0.39 is 0 Å². The van der Waals surface area contributed by atoms with E-state index in [1.54, 1.807) is 0 Å². The van der Waals surface area contributed by atoms with Gasteiger partial charge >= 0.3 is 0 Å². The van der Waals surface area contributed by atoms with Gasteiger partial charge in [0.2, 0.25) is 0 Å². The molecule has 0 unspecified atom stereocenters. The molecule has 0 amide bonds. The van der Waals surface area contributed by atoms with Crippen molar-refractivity contribution >= 4 is 0 Å². The molecule has 0 aromatic heterocycles. The van der Waals surface area contributed by atoms with Crippen molar-refractivity contribution < 1.29 is 0 Å². The van der Waals surface area contributed by atoms with Gasteiger partial charge in [-0.1, -0.05) is 349 Å². The standard InChI is InChI=1S/C110H112/c1-9-57-107(58-10-2)95-29-21-17-25-87(95)91-53-41-79(65-99(91)107)75-33-45-83(46-34-75)103-69-104(84-47-35-76(36-48-84)80-42-54-92-88-26-18-22-30-96(88)108(59-11-3,60-12-4)100(92)66-80)72-105(70-103,85-49-37-77(38-50-85)81-43-55-93-89-27-19-23-31-97(89)109(61-13-5,62-14-6)101(93)67-81)74-106(71-103,73-104)86-51-39-78(40-52-86)82-44-56-94-90-28-20-24-32-98(90)110(63-15-7,64-16-8)102(94)68-82/h17-56,65-68H,9-16,57-64,69-74H2,1-8H3. The summed E-state index contributed by atoms with van der Waals surface area (Å²) in [7, 11) is 0. The fourth-order valence-corrected chi connectivity index (χ4v) is 26.5. The summed E-state index contributed by atoms with van der Waals surface area (Å²) < 4.78 is 0. The zero-order valence-electron chi connectivity index (χ0n) is 67.0. The first-order valence-corrected chi connectivity index (χ1v) is 43.3. The van der Waals surface area contributed by atoms with Gasteiger partial charge in [-0.2, -0.15) is 0 Å². The van der Waals surface area contributed by atoms with Crippen molar-refractivity contribution in [2.45, 2.75) is 240 Å². The molecule has 12 aromatic carbocycles. The number of rotatable bonds is 24. The number of fused-ring (bicyclic) bond motifs is 12. The maximum Gasteiger partial charge on any atom is 0.0215 e. The Morgan fingerprint density at radius 2 is 0.336 bits per heavy atom. The van der Waals surface area contributed by atoms with Gasteiger partial charge in [-0.3, -0.25) is 0 Å². The number of hydrogen-bond acceptors (Lipinski definition) is 0. The minimum atomic E-state index is -0.120. The van der Waals surface area contributed by atoms with E-state index in [2.05, 4.69) is 322 Å². The smallest absolute Gasteiger partial charge is 0.0215 e. The topological polar surface area (TPSA) is 0 Å². The molecule has 0 N–H and O–H groups in total. The van der Waals surface area contributed by atoms with Crippen LogP contribution in [-0.4, -0.2) is 0 Å². The molecule has 0 spiro atoms. The van der Waals surface area contributed by atoms with E-state index >= 15 is 0 Å². The van der Waals surface area contributed by atoms with Crippen molar-refractivity contribution in [3.8, 4) is 89.0 Å². The predicted molar refractivity (Wildman–Crippen MR) is 466 cm³/mol. The SMILES string of the molecule is CCCC1(CCC)c2ccccc2-c2ccc(-c3ccc(C45CC6(c7ccc(-c8ccc9c(c8)C(CCC)(CCC)c8ccccc8-9)cc7)CC(c7ccc(-c8ccc9c(c8)C(CCC)(CCC)c8ccccc8-9)cc7)(C4)CC(c4ccc(-c7ccc8c(c7)C(CCC)(CCC)c7ccccc7-8)cc4)(C5)C6)cc3)cc21. The molecule has 0 saturated heterocycles. The Balaban J connectivity index is 0.765. The van der Waals surface area contributed by atoms with Crippen LogP contribution >= 0.6 is 0 Å². The second-order valence-electron chi connectivity index (χ2n) is 36.0. The molecular weight excluding hydrogens is 1320 g/mol. The zero-order valence-corrected chi connectivity index (χ0v) is 67.0. The average molecular weight is 1430 g/mol. The van der Waals surface area contributed by atoms with E-state index in [-0.39, 0.29) is 43.3 Å². The molecule has 0 atom stereocenters. The lowest BCUT2D eigenvalue weighted by Crippen LogP contribution is -2.67. The molecule has 12 aromatic rings. The van der Waals surface area contributed by atoms with Crippen molar-refractivity contribution in [1.82, 2.24) is 0 Å². The van der Waals surface area contributed by atoms with Gasteiger partial charge in [0.05, 0.1) is 0 Å². The summed E-state index contributed by atoms with van der Waals surface area (Å²) >= 11 is 0. The lowest BCUT2D eigenvalue weighted by atomic mass is 9.32. The molecule has 552 valence electrons. The van der Waals surface area contributed by atoms with Crippen LogP contribution < -0.4 is 0 Å². The van der Waals surface area contributed by atoms with Gasteiger partial charge < -0.3 is 0 Å². The molecular formula is C110H112. The Kier molecular flexibility index (Phi) is 17.6. The van der Waals surface area contributed by atoms with E-state index in [0.29, 0.717) is 0 Å². The molecule has 0 radical (unpaired) electrons. The first-order chi connectivity index (χ1) is 53.9. The third-order valence-electron chi connectivity index (χ3n) is 29.9. The van der Waals surface area contributed by atoms with Crippen molar-refractivity contribution in [2.75, 3.05) is 0 Å². The van der Waals surface area contributed by atoms with E-state index in [0.717, 1.165) is 89.9 Å². The van der Waals surface area contributed by atoms with Crippen LogP contribution in [0.25, 0.3) is 89.0 Å². The Hall–Kier alpha value is -9.36. The molecule has 4 fully saturated rings. The normalized spacial score (nSPS) is 21.5. The monoisotopic (exact) mass is 1430 g/mol. The van der Waals surface area contributed by atoms with Crippen LogP contribution in [0.3, 0.4) is 0 Å². The highest BCUT2D eigenvalue weighted by molar-refractivity contribution is 5.88. The molecule has 0 heteroatoms. The summed E-state index contributed by atoms with van der Waals surface area (Å²) in [5.41, 5.74) is 40.1. The average Bonchev–Trinajstić information content (AvgIpc) is 1.07. The Bertz CT molecular complexity index is 4750. The van der Waals surface area contributed by atoms with Gasteiger partial charge in [-0.15, -0.1) is 0 Å². The third-order valence-corrected chi connectivity index (χ3v) is 29.9. The molecule has 20 rings (SSSR count). The highest BCUT2D eigenvalue weighted by Crippen LogP contribution is 2.75. The first-order valence-electron chi connectivity index (χ1n) is 43.3. The zero-order chi connectivity index (χ0) is 74.8. The van der Waals surface area contributed by atoms with Crippen LogP contribution in [0.15, 0.2) is 267 Å². The Morgan fingerprint density at radius 1 is 0.173 bits per heavy atom. The van der Waals surface area contributed by atoms with Crippen molar-refractivity contribution in [2.24, 2.45) is 0 Å². The van der Waals surface area contributed by atoms with Crippen LogP contribution in [0.4, 0.5) is 0 Å². The van der Waals surface area contributed by atoms with Crippen LogP contribution in [-0.2, 0) is 43.3 Å². The van der Waals surface area contributed by atoms with Crippen LogP contribution in [0.1, 0.15) is 263 Å². The van der Waals surface area contributed by atoms with E-state index in [9.17, 15) is 0 Å². The first kappa shape index (κ1) is 71.0. The van der Waals surface area contributed by atoms with E-state index in [4.69, 9.17) is 0 Å². The number of benzene rings is 12. The molecule has 4 bridgehead atoms. The largest absolute Gasteiger partial charge is 0.0653 e. The fraction of sp³-hybridized carbons (Fsp3) is 0.345. The summed E-state index contributed by atoms with van der Waals surface area (Å²) in [4.78, 5) is 0. The second-order valence-corrected chi connectivity index (χ2v) is 36.0. The second kappa shape index (κ2) is 27.2. The summed E-state index contributed by atoms with van der Waals surface area (Å²) in [5, 5.41) is 0. The van der Waals surface area contributed by atoms with Gasteiger partial charge in [0.15, 0.2) is 0 Å². The highest BCUT2D eigenvalue weighted by Gasteiger charge is 2.69. The predicted octanol–water partition coefficient (Wildman–Crippen LogP) is 30.3. The summed E-state index contributed by atoms with van der Waals surface area (Å²) in [6.07, 6.45) is 25.4. The lowest BCUT2D eigenvalue weighted by Gasteiger charge is -2.71. The van der Waals surface area contributed by atoms with Crippen LogP contribution in [0.2, 0.25) is 0 Å². The van der Waals surface area contributed by atoms with Crippen LogP contribution in [0.5, 0.6) is 0 Å². The Labute approximate surface area is 658 Å². The van der Waals surface area contributed by atoms with Crippen molar-refractivity contribution in [1.29, 1.82) is 0 Å². The quantitative estimate of drug-likeness (QED) is 0.0566. The lowest BCUT2D eigenvalue weighted by molar-refractivity contribution is -0.0691. The highest BCUT2D eigenvalue weighted by atomic mass is 14.7. The van der Waals surface area contributed by atoms with Crippen molar-refractivity contribution in [3.63, 3.8) is 0 Å². The number of hydrogen-bond donors (Lipinski definition) is 0. The Morgan fingerprint density at radius 3 is 0.518 bits per heavy atom. The molecule has 8 aliphatic carbocycles. The van der Waals surface area contributed by atoms with Crippen molar-refractivity contribution in [3.05, 3.63) is 334 Å². The molecule has 0 aliphatic heterocycles. The fourth-order valence-electron chi connectivity index (χ4n) is 26.5. The maximum atomic E-state index is 2.63. The van der Waals surface area contributed by atoms with Gasteiger partial charge in [-0.25, -0.2) is 0 Å². The van der Waals surface area contributed by atoms with Gasteiger partial charge in [0.25, 0.3) is 0 Å². The maximum absolute atomic E-state index is 2.63. The minimum Gasteiger partial charge on any atom is -0.0653 e. The van der Waals surface area contributed by atoms with Gasteiger partial charge in [0.1, 0.15) is 0 Å². The summed E-state index contributed by atoms with van der Waals surface area (Å²) in [6.45, 7) is 19.1. The van der Waals surface area contributed by atoms with Crippen LogP contribution in [0, 0.1) is 0 Å². The summed E-state index contributed by atoms with van der Waals surface area (Å²) in [5.74, 6) is 0. The minimum absolute atomic E-state index is 0.0325. The molecule has 8 aliphatic rings. The van der Waals surface area contributed by atoms with E-state index in [1.165, 1.54) is 207 Å². The molecule has 4 saturated carbocycles. The molecule has 0 nitrogen and oxygen atoms in total. The molecule has 0 heterocycles. The third kappa shape index (κ3) is 10.5. The van der Waals surface area contributed by atoms with Gasteiger partial charge in [0, 0.05) is 21.7 Å². The molecule has 110 heavy (non-hydrogen) atoms. The summed E-state index contributed by atoms with van der Waals surface area (Å²) in [6, 6.07) is 109. The van der Waals surface area contributed by atoms with Gasteiger partial charge in [-0.05, 0) is 292 Å². The van der Waals surface area contributed by atoms with E-state index in [1.807, 2.05) is 0 Å².